The van der Waals surface area contributed by atoms with Crippen LogP contribution in [0.3, 0.4) is 0 Å². The van der Waals surface area contributed by atoms with Gasteiger partial charge in [-0.1, -0.05) is 78.9 Å². The van der Waals surface area contributed by atoms with Crippen molar-refractivity contribution in [3.05, 3.63) is 114 Å². The maximum absolute atomic E-state index is 12.6. The average molecular weight is 418 g/mol. The third-order valence-electron chi connectivity index (χ3n) is 5.80. The van der Waals surface area contributed by atoms with Crippen LogP contribution in [0.25, 0.3) is 33.3 Å². The van der Waals surface area contributed by atoms with Crippen LogP contribution >= 0.6 is 0 Å². The molecule has 0 fully saturated rings. The van der Waals surface area contributed by atoms with Crippen LogP contribution in [0.4, 0.5) is 0 Å². The minimum absolute atomic E-state index is 0.0849. The zero-order valence-electron chi connectivity index (χ0n) is 17.8. The smallest absolute Gasteiger partial charge is 0.251 e. The topological polar surface area (TPSA) is 57.8 Å². The number of hydrogen-bond donors (Lipinski definition) is 2. The molecule has 0 saturated heterocycles. The van der Waals surface area contributed by atoms with Crippen molar-refractivity contribution in [1.29, 1.82) is 0 Å². The molecule has 1 heterocycles. The predicted molar refractivity (Wildman–Crippen MR) is 129 cm³/mol. The molecule has 0 radical (unpaired) electrons. The van der Waals surface area contributed by atoms with Crippen LogP contribution in [0.2, 0.25) is 0 Å². The van der Waals surface area contributed by atoms with E-state index in [1.54, 1.807) is 0 Å². The van der Waals surface area contributed by atoms with Gasteiger partial charge in [0.1, 0.15) is 0 Å². The summed E-state index contributed by atoms with van der Waals surface area (Å²) >= 11 is 0. The average Bonchev–Trinajstić information content (AvgIpc) is 3.33. The number of aromatic nitrogens is 2. The summed E-state index contributed by atoms with van der Waals surface area (Å²) in [6, 6.07) is 32.3. The van der Waals surface area contributed by atoms with Crippen molar-refractivity contribution in [2.75, 3.05) is 0 Å². The Morgan fingerprint density at radius 3 is 2.47 bits per heavy atom. The van der Waals surface area contributed by atoms with E-state index in [0.29, 0.717) is 12.1 Å². The first-order valence-corrected chi connectivity index (χ1v) is 10.7. The largest absolute Gasteiger partial charge is 0.348 e. The molecule has 4 heteroatoms. The first-order valence-electron chi connectivity index (χ1n) is 10.7. The Hall–Kier alpha value is -4.18. The fourth-order valence-electron chi connectivity index (χ4n) is 3.95. The third kappa shape index (κ3) is 3.91. The molecule has 5 rings (SSSR count). The second-order valence-electron chi connectivity index (χ2n) is 7.88. The van der Waals surface area contributed by atoms with Gasteiger partial charge in [0.15, 0.2) is 0 Å². The second-order valence-corrected chi connectivity index (χ2v) is 7.88. The summed E-state index contributed by atoms with van der Waals surface area (Å²) < 4.78 is 0. The molecule has 0 aliphatic rings. The van der Waals surface area contributed by atoms with Gasteiger partial charge in [-0.25, -0.2) is 0 Å². The lowest BCUT2D eigenvalue weighted by molar-refractivity contribution is 0.0951. The zero-order valence-corrected chi connectivity index (χ0v) is 17.8. The van der Waals surface area contributed by atoms with E-state index in [9.17, 15) is 4.79 Å². The van der Waals surface area contributed by atoms with Crippen molar-refractivity contribution in [3.8, 4) is 22.5 Å². The van der Waals surface area contributed by atoms with Gasteiger partial charge in [-0.05, 0) is 47.0 Å². The van der Waals surface area contributed by atoms with Crippen LogP contribution in [0.5, 0.6) is 0 Å². The summed E-state index contributed by atoms with van der Waals surface area (Å²) in [5.74, 6) is -0.0849. The lowest BCUT2D eigenvalue weighted by atomic mass is 10.0. The van der Waals surface area contributed by atoms with Gasteiger partial charge in [0.2, 0.25) is 0 Å². The fourth-order valence-corrected chi connectivity index (χ4v) is 3.95. The molecule has 5 aromatic rings. The van der Waals surface area contributed by atoms with Gasteiger partial charge >= 0.3 is 0 Å². The van der Waals surface area contributed by atoms with E-state index >= 15 is 0 Å². The molecule has 0 aliphatic carbocycles. The van der Waals surface area contributed by atoms with E-state index in [0.717, 1.165) is 28.1 Å². The maximum atomic E-state index is 12.6. The number of nitrogens with one attached hydrogen (secondary N) is 2. The monoisotopic (exact) mass is 417 g/mol. The highest BCUT2D eigenvalue weighted by Gasteiger charge is 2.11. The maximum Gasteiger partial charge on any atom is 0.251 e. The molecule has 1 amide bonds. The molecule has 0 unspecified atom stereocenters. The lowest BCUT2D eigenvalue weighted by Crippen LogP contribution is -2.23. The first kappa shape index (κ1) is 19.8. The van der Waals surface area contributed by atoms with Crippen molar-refractivity contribution in [3.63, 3.8) is 0 Å². The standard InChI is InChI=1S/C28H23N3O/c1-19-7-2-3-9-23(19)18-29-28(32)22-15-13-21(14-16-22)26-17-27(31-30-26)25-12-6-10-20-8-4-5-11-24(20)25/h2-17H,18H2,1H3,(H,29,32)(H,30,31). The number of hydrogen-bond acceptors (Lipinski definition) is 2. The molecule has 2 N–H and O–H groups in total. The van der Waals surface area contributed by atoms with Gasteiger partial charge in [0, 0.05) is 23.2 Å². The molecule has 4 aromatic carbocycles. The van der Waals surface area contributed by atoms with E-state index in [1.165, 1.54) is 16.3 Å². The van der Waals surface area contributed by atoms with Crippen molar-refractivity contribution < 1.29 is 4.79 Å². The Morgan fingerprint density at radius 1 is 0.875 bits per heavy atom. The minimum atomic E-state index is -0.0849. The van der Waals surface area contributed by atoms with Crippen LogP contribution in [-0.4, -0.2) is 16.1 Å². The first-order chi connectivity index (χ1) is 15.7. The van der Waals surface area contributed by atoms with E-state index in [1.807, 2.05) is 67.6 Å². The second kappa shape index (κ2) is 8.52. The lowest BCUT2D eigenvalue weighted by Gasteiger charge is -2.08. The normalized spacial score (nSPS) is 10.9. The minimum Gasteiger partial charge on any atom is -0.348 e. The van der Waals surface area contributed by atoms with Crippen molar-refractivity contribution >= 4 is 16.7 Å². The highest BCUT2D eigenvalue weighted by Crippen LogP contribution is 2.29. The third-order valence-corrected chi connectivity index (χ3v) is 5.80. The number of H-pyrrole nitrogens is 1. The molecule has 0 bridgehead atoms. The van der Waals surface area contributed by atoms with Crippen molar-refractivity contribution in [2.24, 2.45) is 0 Å². The summed E-state index contributed by atoms with van der Waals surface area (Å²) in [6.45, 7) is 2.56. The van der Waals surface area contributed by atoms with Gasteiger partial charge in [-0.2, -0.15) is 5.10 Å². The molecular weight excluding hydrogens is 394 g/mol. The molecule has 0 aliphatic heterocycles. The van der Waals surface area contributed by atoms with Gasteiger partial charge in [0.05, 0.1) is 11.4 Å². The van der Waals surface area contributed by atoms with Crippen LogP contribution < -0.4 is 5.32 Å². The molecule has 32 heavy (non-hydrogen) atoms. The van der Waals surface area contributed by atoms with Gasteiger partial charge < -0.3 is 5.32 Å². The van der Waals surface area contributed by atoms with E-state index in [2.05, 4.69) is 51.9 Å². The molecule has 4 nitrogen and oxygen atoms in total. The molecule has 0 atom stereocenters. The number of carbonyl (C=O) groups is 1. The molecule has 0 spiro atoms. The predicted octanol–water partition coefficient (Wildman–Crippen LogP) is 6.14. The highest BCUT2D eigenvalue weighted by atomic mass is 16.1. The SMILES string of the molecule is Cc1ccccc1CNC(=O)c1ccc(-c2cc(-c3cccc4ccccc34)[nH]n2)cc1. The number of nitrogens with zero attached hydrogens (tertiary/aromatic N) is 1. The Balaban J connectivity index is 1.33. The van der Waals surface area contributed by atoms with E-state index in [4.69, 9.17) is 0 Å². The Morgan fingerprint density at radius 2 is 1.62 bits per heavy atom. The summed E-state index contributed by atoms with van der Waals surface area (Å²) in [6.07, 6.45) is 0. The Bertz CT molecular complexity index is 1390. The zero-order chi connectivity index (χ0) is 21.9. The van der Waals surface area contributed by atoms with Crippen LogP contribution in [0.1, 0.15) is 21.5 Å². The molecule has 1 aromatic heterocycles. The number of carbonyl (C=O) groups excluding carboxylic acids is 1. The number of benzene rings is 4. The summed E-state index contributed by atoms with van der Waals surface area (Å²) in [7, 11) is 0. The summed E-state index contributed by atoms with van der Waals surface area (Å²) in [5.41, 5.74) is 6.82. The number of aromatic amines is 1. The van der Waals surface area contributed by atoms with Gasteiger partial charge in [0.25, 0.3) is 5.91 Å². The Kier molecular flexibility index (Phi) is 5.26. The van der Waals surface area contributed by atoms with Gasteiger partial charge in [-0.3, -0.25) is 9.89 Å². The Labute approximate surface area is 186 Å². The number of fused-ring (bicyclic) bond motifs is 1. The fraction of sp³-hybridized carbons (Fsp3) is 0.0714. The van der Waals surface area contributed by atoms with Crippen LogP contribution in [0.15, 0.2) is 97.1 Å². The van der Waals surface area contributed by atoms with E-state index in [-0.39, 0.29) is 5.91 Å². The van der Waals surface area contributed by atoms with Gasteiger partial charge in [-0.15, -0.1) is 0 Å². The highest BCUT2D eigenvalue weighted by molar-refractivity contribution is 5.96. The quantitative estimate of drug-likeness (QED) is 0.361. The van der Waals surface area contributed by atoms with E-state index < -0.39 is 0 Å². The number of aryl methyl sites for hydroxylation is 1. The molecular formula is C28H23N3O. The number of amides is 1. The van der Waals surface area contributed by atoms with Crippen molar-refractivity contribution in [1.82, 2.24) is 15.5 Å². The van der Waals surface area contributed by atoms with Crippen LogP contribution in [0, 0.1) is 6.92 Å². The summed E-state index contributed by atoms with van der Waals surface area (Å²) in [4.78, 5) is 12.6. The number of rotatable bonds is 5. The molecule has 0 saturated carbocycles. The van der Waals surface area contributed by atoms with Crippen LogP contribution in [-0.2, 0) is 6.54 Å². The van der Waals surface area contributed by atoms with Crippen molar-refractivity contribution in [2.45, 2.75) is 13.5 Å². The summed E-state index contributed by atoms with van der Waals surface area (Å²) in [5, 5.41) is 13.0. The molecule has 156 valence electrons.